The van der Waals surface area contributed by atoms with E-state index in [1.165, 1.54) is 21.9 Å². The van der Waals surface area contributed by atoms with Gasteiger partial charge in [0, 0.05) is 25.7 Å². The van der Waals surface area contributed by atoms with Crippen LogP contribution in [0.5, 0.6) is 0 Å². The van der Waals surface area contributed by atoms with E-state index in [0.29, 0.717) is 24.5 Å². The summed E-state index contributed by atoms with van der Waals surface area (Å²) in [7, 11) is -3.18. The van der Waals surface area contributed by atoms with E-state index in [2.05, 4.69) is 0 Å². The Morgan fingerprint density at radius 1 is 1.44 bits per heavy atom. The first-order valence-electron chi connectivity index (χ1n) is 5.69. The number of carbonyl (C=O) groups is 1. The molecule has 0 saturated carbocycles. The molecule has 2 rings (SSSR count). The van der Waals surface area contributed by atoms with Crippen molar-refractivity contribution in [2.75, 3.05) is 25.9 Å². The van der Waals surface area contributed by atoms with Crippen LogP contribution in [0.2, 0.25) is 0 Å². The summed E-state index contributed by atoms with van der Waals surface area (Å²) in [5.41, 5.74) is 0. The summed E-state index contributed by atoms with van der Waals surface area (Å²) in [6.07, 6.45) is 1.21. The van der Waals surface area contributed by atoms with Crippen LogP contribution < -0.4 is 0 Å². The van der Waals surface area contributed by atoms with Crippen LogP contribution in [0.3, 0.4) is 0 Å². The van der Waals surface area contributed by atoms with Gasteiger partial charge in [0.1, 0.15) is 0 Å². The van der Waals surface area contributed by atoms with Crippen molar-refractivity contribution in [3.05, 3.63) is 22.4 Å². The van der Waals surface area contributed by atoms with Gasteiger partial charge in [-0.1, -0.05) is 6.07 Å². The number of hydrogen-bond donors (Lipinski definition) is 0. The Morgan fingerprint density at radius 2 is 2.17 bits per heavy atom. The molecule has 0 bridgehead atoms. The van der Waals surface area contributed by atoms with Gasteiger partial charge in [0.25, 0.3) is 5.91 Å². The van der Waals surface area contributed by atoms with Crippen molar-refractivity contribution >= 4 is 27.3 Å². The number of carbonyl (C=O) groups excluding carboxylic acids is 1. The van der Waals surface area contributed by atoms with Crippen molar-refractivity contribution in [2.45, 2.75) is 13.0 Å². The summed E-state index contributed by atoms with van der Waals surface area (Å²) < 4.78 is 24.5. The van der Waals surface area contributed by atoms with E-state index in [4.69, 9.17) is 0 Å². The Kier molecular flexibility index (Phi) is 3.74. The molecule has 0 aromatic carbocycles. The van der Waals surface area contributed by atoms with E-state index in [1.54, 1.807) is 11.0 Å². The van der Waals surface area contributed by atoms with Crippen LogP contribution in [-0.2, 0) is 10.0 Å². The number of piperazine rings is 1. The molecule has 1 aromatic heterocycles. The molecule has 1 fully saturated rings. The molecule has 18 heavy (non-hydrogen) atoms. The normalized spacial score (nSPS) is 22.1. The van der Waals surface area contributed by atoms with Crippen LogP contribution in [0.25, 0.3) is 0 Å². The fourth-order valence-electron chi connectivity index (χ4n) is 2.17. The Morgan fingerprint density at radius 3 is 2.67 bits per heavy atom. The third-order valence-electron chi connectivity index (χ3n) is 3.01. The third-order valence-corrected chi connectivity index (χ3v) is 5.26. The van der Waals surface area contributed by atoms with Crippen LogP contribution in [0.15, 0.2) is 17.5 Å². The fourth-order valence-corrected chi connectivity index (χ4v) is 4.00. The van der Waals surface area contributed by atoms with E-state index in [9.17, 15) is 13.2 Å². The SMILES string of the molecule is C[C@H]1CN(C(=O)c2cccs2)CCN1S(C)(=O)=O. The molecular formula is C11H16N2O3S2. The second kappa shape index (κ2) is 4.99. The molecule has 100 valence electrons. The monoisotopic (exact) mass is 288 g/mol. The number of rotatable bonds is 2. The first-order chi connectivity index (χ1) is 8.39. The predicted molar refractivity (Wildman–Crippen MR) is 71.2 cm³/mol. The summed E-state index contributed by atoms with van der Waals surface area (Å²) in [5, 5.41) is 1.86. The lowest BCUT2D eigenvalue weighted by molar-refractivity contribution is 0.0647. The summed E-state index contributed by atoms with van der Waals surface area (Å²) in [5.74, 6) is -0.00926. The first-order valence-corrected chi connectivity index (χ1v) is 8.42. The maximum atomic E-state index is 12.1. The smallest absolute Gasteiger partial charge is 0.264 e. The Hall–Kier alpha value is -0.920. The zero-order chi connectivity index (χ0) is 13.3. The number of amides is 1. The van der Waals surface area contributed by atoms with Gasteiger partial charge in [-0.3, -0.25) is 4.79 Å². The van der Waals surface area contributed by atoms with Gasteiger partial charge in [-0.05, 0) is 18.4 Å². The van der Waals surface area contributed by atoms with E-state index in [-0.39, 0.29) is 11.9 Å². The van der Waals surface area contributed by atoms with E-state index >= 15 is 0 Å². The van der Waals surface area contributed by atoms with Gasteiger partial charge >= 0.3 is 0 Å². The van der Waals surface area contributed by atoms with Gasteiger partial charge in [-0.25, -0.2) is 8.42 Å². The van der Waals surface area contributed by atoms with Gasteiger partial charge in [-0.15, -0.1) is 11.3 Å². The summed E-state index contributed by atoms with van der Waals surface area (Å²) in [6.45, 7) is 3.10. The van der Waals surface area contributed by atoms with Crippen molar-refractivity contribution in [1.29, 1.82) is 0 Å². The zero-order valence-corrected chi connectivity index (χ0v) is 12.0. The molecule has 1 aliphatic rings. The Labute approximate surface area is 111 Å². The molecule has 5 nitrogen and oxygen atoms in total. The Balaban J connectivity index is 2.07. The van der Waals surface area contributed by atoms with E-state index in [1.807, 2.05) is 18.4 Å². The molecular weight excluding hydrogens is 272 g/mol. The lowest BCUT2D eigenvalue weighted by Crippen LogP contribution is -2.55. The second-order valence-corrected chi connectivity index (χ2v) is 7.33. The number of nitrogens with zero attached hydrogens (tertiary/aromatic N) is 2. The molecule has 0 unspecified atom stereocenters. The summed E-state index contributed by atoms with van der Waals surface area (Å²) in [4.78, 5) is 14.6. The van der Waals surface area contributed by atoms with E-state index in [0.717, 1.165) is 0 Å². The predicted octanol–water partition coefficient (Wildman–Crippen LogP) is 0.854. The largest absolute Gasteiger partial charge is 0.335 e. The van der Waals surface area contributed by atoms with Gasteiger partial charge in [-0.2, -0.15) is 4.31 Å². The Bertz CT molecular complexity index is 524. The number of hydrogen-bond acceptors (Lipinski definition) is 4. The minimum atomic E-state index is -3.18. The standard InChI is InChI=1S/C11H16N2O3S2/c1-9-8-12(5-6-13(9)18(2,15)16)11(14)10-4-3-7-17-10/h3-4,7,9H,5-6,8H2,1-2H3/t9-/m0/s1. The lowest BCUT2D eigenvalue weighted by Gasteiger charge is -2.38. The van der Waals surface area contributed by atoms with Crippen molar-refractivity contribution in [2.24, 2.45) is 0 Å². The average Bonchev–Trinajstić information content (AvgIpc) is 2.79. The zero-order valence-electron chi connectivity index (χ0n) is 10.4. The van der Waals surface area contributed by atoms with Crippen LogP contribution >= 0.6 is 11.3 Å². The van der Waals surface area contributed by atoms with Crippen molar-refractivity contribution < 1.29 is 13.2 Å². The molecule has 0 aliphatic carbocycles. The highest BCUT2D eigenvalue weighted by atomic mass is 32.2. The van der Waals surface area contributed by atoms with Gasteiger partial charge in [0.15, 0.2) is 0 Å². The van der Waals surface area contributed by atoms with Gasteiger partial charge < -0.3 is 4.90 Å². The maximum absolute atomic E-state index is 12.1. The first kappa shape index (κ1) is 13.5. The van der Waals surface area contributed by atoms with Crippen molar-refractivity contribution in [3.8, 4) is 0 Å². The molecule has 1 atom stereocenters. The molecule has 1 aromatic rings. The maximum Gasteiger partial charge on any atom is 0.264 e. The highest BCUT2D eigenvalue weighted by molar-refractivity contribution is 7.88. The van der Waals surface area contributed by atoms with Crippen molar-refractivity contribution in [3.63, 3.8) is 0 Å². The second-order valence-electron chi connectivity index (χ2n) is 4.45. The van der Waals surface area contributed by atoms with Crippen LogP contribution in [-0.4, -0.2) is 55.5 Å². The van der Waals surface area contributed by atoms with E-state index < -0.39 is 10.0 Å². The van der Waals surface area contributed by atoms with Gasteiger partial charge in [0.2, 0.25) is 10.0 Å². The molecule has 0 spiro atoms. The molecule has 1 saturated heterocycles. The van der Waals surface area contributed by atoms with Crippen LogP contribution in [0.1, 0.15) is 16.6 Å². The third kappa shape index (κ3) is 2.73. The molecule has 0 radical (unpaired) electrons. The number of sulfonamides is 1. The summed E-state index contributed by atoms with van der Waals surface area (Å²) >= 11 is 1.41. The molecule has 1 aliphatic heterocycles. The quantitative estimate of drug-likeness (QED) is 0.811. The lowest BCUT2D eigenvalue weighted by atomic mass is 10.2. The average molecular weight is 288 g/mol. The van der Waals surface area contributed by atoms with Crippen LogP contribution in [0.4, 0.5) is 0 Å². The van der Waals surface area contributed by atoms with Crippen LogP contribution in [0, 0.1) is 0 Å². The minimum Gasteiger partial charge on any atom is -0.335 e. The highest BCUT2D eigenvalue weighted by Crippen LogP contribution is 2.17. The van der Waals surface area contributed by atoms with Crippen molar-refractivity contribution in [1.82, 2.24) is 9.21 Å². The summed E-state index contributed by atoms with van der Waals surface area (Å²) in [6, 6.07) is 3.46. The molecule has 1 amide bonds. The number of thiophene rings is 1. The minimum absolute atomic E-state index is 0.00926. The molecule has 0 N–H and O–H groups in total. The topological polar surface area (TPSA) is 57.7 Å². The fraction of sp³-hybridized carbons (Fsp3) is 0.545. The molecule has 2 heterocycles. The molecule has 7 heteroatoms. The van der Waals surface area contributed by atoms with Gasteiger partial charge in [0.05, 0.1) is 11.1 Å². The highest BCUT2D eigenvalue weighted by Gasteiger charge is 2.32.